The van der Waals surface area contributed by atoms with Gasteiger partial charge in [-0.25, -0.2) is 0 Å². The lowest BCUT2D eigenvalue weighted by molar-refractivity contribution is -0.156. The summed E-state index contributed by atoms with van der Waals surface area (Å²) < 4.78 is 5.96. The summed E-state index contributed by atoms with van der Waals surface area (Å²) in [5, 5.41) is 10.4. The van der Waals surface area contributed by atoms with Crippen LogP contribution in [-0.4, -0.2) is 34.9 Å². The molecule has 0 saturated heterocycles. The molecule has 0 aliphatic heterocycles. The molecular formula is C18H29N3O2. The van der Waals surface area contributed by atoms with Crippen molar-refractivity contribution in [2.75, 3.05) is 6.61 Å². The molecular weight excluding hydrogens is 290 g/mol. The van der Waals surface area contributed by atoms with E-state index in [1.54, 1.807) is 0 Å². The van der Waals surface area contributed by atoms with Crippen LogP contribution in [-0.2, 0) is 16.0 Å². The van der Waals surface area contributed by atoms with Gasteiger partial charge in [0.15, 0.2) is 0 Å². The van der Waals surface area contributed by atoms with E-state index < -0.39 is 0 Å². The van der Waals surface area contributed by atoms with E-state index in [1.807, 2.05) is 13.8 Å². The van der Waals surface area contributed by atoms with E-state index in [4.69, 9.17) is 4.74 Å². The third-order valence-electron chi connectivity index (χ3n) is 5.89. The van der Waals surface area contributed by atoms with E-state index in [2.05, 4.69) is 22.4 Å². The first-order valence-corrected chi connectivity index (χ1v) is 8.98. The van der Waals surface area contributed by atoms with E-state index >= 15 is 0 Å². The predicted molar refractivity (Wildman–Crippen MR) is 89.2 cm³/mol. The maximum Gasteiger partial charge on any atom is 0.224 e. The Kier molecular flexibility index (Phi) is 4.76. The van der Waals surface area contributed by atoms with Crippen LogP contribution in [0.25, 0.3) is 0 Å². The number of ether oxygens (including phenoxy) is 1. The lowest BCUT2D eigenvalue weighted by atomic mass is 9.55. The van der Waals surface area contributed by atoms with Crippen molar-refractivity contribution in [3.05, 3.63) is 17.0 Å². The van der Waals surface area contributed by atoms with E-state index in [1.165, 1.54) is 32.1 Å². The molecule has 0 unspecified atom stereocenters. The Bertz CT molecular complexity index is 541. The molecule has 2 atom stereocenters. The van der Waals surface area contributed by atoms with E-state index in [-0.39, 0.29) is 17.4 Å². The Hall–Kier alpha value is -1.36. The van der Waals surface area contributed by atoms with Crippen molar-refractivity contribution in [3.8, 4) is 0 Å². The topological polar surface area (TPSA) is 67.0 Å². The van der Waals surface area contributed by atoms with Crippen LogP contribution in [0.5, 0.6) is 0 Å². The molecule has 1 heterocycles. The summed E-state index contributed by atoms with van der Waals surface area (Å²) in [4.78, 5) is 12.5. The highest BCUT2D eigenvalue weighted by molar-refractivity contribution is 5.79. The average molecular weight is 319 g/mol. The third-order valence-corrected chi connectivity index (χ3v) is 5.89. The molecule has 1 aromatic heterocycles. The van der Waals surface area contributed by atoms with Gasteiger partial charge < -0.3 is 10.1 Å². The van der Waals surface area contributed by atoms with E-state index in [0.717, 1.165) is 30.0 Å². The first-order chi connectivity index (χ1) is 11.1. The summed E-state index contributed by atoms with van der Waals surface area (Å²) in [6.45, 7) is 6.75. The first-order valence-electron chi connectivity index (χ1n) is 8.98. The number of carbonyl (C=O) groups excluding carboxylic acids is 1. The maximum atomic E-state index is 12.5. The molecule has 2 aliphatic carbocycles. The molecule has 0 radical (unpaired) electrons. The number of aromatic amines is 1. The Morgan fingerprint density at radius 3 is 2.70 bits per heavy atom. The van der Waals surface area contributed by atoms with Crippen LogP contribution < -0.4 is 5.32 Å². The number of amides is 1. The Morgan fingerprint density at radius 2 is 2.09 bits per heavy atom. The number of aromatic nitrogens is 2. The van der Waals surface area contributed by atoms with Gasteiger partial charge in [-0.1, -0.05) is 19.3 Å². The Morgan fingerprint density at radius 1 is 1.35 bits per heavy atom. The normalized spacial score (nSPS) is 26.0. The molecule has 2 aliphatic rings. The smallest absolute Gasteiger partial charge is 0.224 e. The van der Waals surface area contributed by atoms with Gasteiger partial charge in [-0.2, -0.15) is 5.10 Å². The highest BCUT2D eigenvalue weighted by atomic mass is 16.5. The lowest BCUT2D eigenvalue weighted by Crippen LogP contribution is -2.65. The second-order valence-corrected chi connectivity index (χ2v) is 7.18. The van der Waals surface area contributed by atoms with Crippen LogP contribution >= 0.6 is 0 Å². The second-order valence-electron chi connectivity index (χ2n) is 7.18. The van der Waals surface area contributed by atoms with Crippen molar-refractivity contribution in [2.45, 2.75) is 77.9 Å². The van der Waals surface area contributed by atoms with Crippen LogP contribution in [0.4, 0.5) is 0 Å². The van der Waals surface area contributed by atoms with Gasteiger partial charge in [-0.15, -0.1) is 0 Å². The largest absolute Gasteiger partial charge is 0.378 e. The van der Waals surface area contributed by atoms with E-state index in [9.17, 15) is 4.79 Å². The molecule has 1 spiro atoms. The van der Waals surface area contributed by atoms with Crippen molar-refractivity contribution in [1.82, 2.24) is 15.5 Å². The van der Waals surface area contributed by atoms with Crippen LogP contribution in [0, 0.1) is 19.3 Å². The molecule has 3 rings (SSSR count). The summed E-state index contributed by atoms with van der Waals surface area (Å²) in [6.07, 6.45) is 7.91. The average Bonchev–Trinajstić information content (AvgIpc) is 2.86. The molecule has 0 bridgehead atoms. The summed E-state index contributed by atoms with van der Waals surface area (Å²) in [5.74, 6) is 0.113. The summed E-state index contributed by atoms with van der Waals surface area (Å²) in [6, 6.07) is 0.277. The lowest BCUT2D eigenvalue weighted by Gasteiger charge is -2.57. The fourth-order valence-corrected chi connectivity index (χ4v) is 4.51. The number of rotatable bonds is 5. The van der Waals surface area contributed by atoms with Gasteiger partial charge in [0.25, 0.3) is 0 Å². The fraction of sp³-hybridized carbons (Fsp3) is 0.778. The van der Waals surface area contributed by atoms with Gasteiger partial charge in [-0.3, -0.25) is 9.89 Å². The zero-order valence-electron chi connectivity index (χ0n) is 14.6. The number of nitrogens with one attached hydrogen (secondary N) is 2. The molecule has 2 fully saturated rings. The monoisotopic (exact) mass is 319 g/mol. The van der Waals surface area contributed by atoms with E-state index in [0.29, 0.717) is 12.5 Å². The molecule has 5 heteroatoms. The maximum absolute atomic E-state index is 12.5. The number of H-pyrrole nitrogens is 1. The number of hydrogen-bond acceptors (Lipinski definition) is 3. The van der Waals surface area contributed by atoms with Gasteiger partial charge >= 0.3 is 0 Å². The van der Waals surface area contributed by atoms with Crippen molar-refractivity contribution >= 4 is 5.91 Å². The van der Waals surface area contributed by atoms with Gasteiger partial charge in [0.2, 0.25) is 5.91 Å². The van der Waals surface area contributed by atoms with Crippen molar-refractivity contribution < 1.29 is 9.53 Å². The minimum atomic E-state index is 0.113. The zero-order valence-corrected chi connectivity index (χ0v) is 14.6. The van der Waals surface area contributed by atoms with Gasteiger partial charge in [0.1, 0.15) is 0 Å². The number of nitrogens with zero attached hydrogens (tertiary/aromatic N) is 1. The summed E-state index contributed by atoms with van der Waals surface area (Å²) in [7, 11) is 0. The van der Waals surface area contributed by atoms with Crippen molar-refractivity contribution in [1.29, 1.82) is 0 Å². The van der Waals surface area contributed by atoms with Gasteiger partial charge in [0.05, 0.1) is 18.2 Å². The molecule has 2 saturated carbocycles. The quantitative estimate of drug-likeness (QED) is 0.877. The molecule has 1 amide bonds. The SMILES string of the molecule is CCO[C@H]1C[C@@H](NC(=O)Cc2c(C)n[nH]c2C)C12CCCCC2. The van der Waals surface area contributed by atoms with Gasteiger partial charge in [-0.05, 0) is 40.0 Å². The number of aryl methyl sites for hydroxylation is 2. The van der Waals surface area contributed by atoms with Crippen LogP contribution in [0.1, 0.15) is 62.4 Å². The van der Waals surface area contributed by atoms with Crippen LogP contribution in [0.15, 0.2) is 0 Å². The highest BCUT2D eigenvalue weighted by Crippen LogP contribution is 2.53. The summed E-state index contributed by atoms with van der Waals surface area (Å²) >= 11 is 0. The minimum Gasteiger partial charge on any atom is -0.378 e. The second kappa shape index (κ2) is 6.63. The minimum absolute atomic E-state index is 0.113. The summed E-state index contributed by atoms with van der Waals surface area (Å²) in [5.41, 5.74) is 3.13. The van der Waals surface area contributed by atoms with Crippen LogP contribution in [0.3, 0.4) is 0 Å². The predicted octanol–water partition coefficient (Wildman–Crippen LogP) is 2.81. The molecule has 2 N–H and O–H groups in total. The molecule has 5 nitrogen and oxygen atoms in total. The fourth-order valence-electron chi connectivity index (χ4n) is 4.51. The number of carbonyl (C=O) groups is 1. The Balaban J connectivity index is 1.64. The third kappa shape index (κ3) is 3.03. The standard InChI is InChI=1S/C18H29N3O2/c1-4-23-16-11-15(18(16)8-6-5-7-9-18)19-17(22)10-14-12(2)20-21-13(14)3/h15-16H,4-11H2,1-3H3,(H,19,22)(H,20,21)/t15-,16+/m1/s1. The highest BCUT2D eigenvalue weighted by Gasteiger charge is 2.56. The zero-order chi connectivity index (χ0) is 16.4. The first kappa shape index (κ1) is 16.5. The molecule has 1 aromatic rings. The Labute approximate surface area is 138 Å². The molecule has 0 aromatic carbocycles. The van der Waals surface area contributed by atoms with Gasteiger partial charge in [0, 0.05) is 29.3 Å². The van der Waals surface area contributed by atoms with Crippen molar-refractivity contribution in [3.63, 3.8) is 0 Å². The molecule has 23 heavy (non-hydrogen) atoms. The molecule has 128 valence electrons. The van der Waals surface area contributed by atoms with Crippen molar-refractivity contribution in [2.24, 2.45) is 5.41 Å². The van der Waals surface area contributed by atoms with Crippen LogP contribution in [0.2, 0.25) is 0 Å². The number of hydrogen-bond donors (Lipinski definition) is 2.